The summed E-state index contributed by atoms with van der Waals surface area (Å²) in [5, 5.41) is 0. The molecule has 2 aliphatic rings. The van der Waals surface area contributed by atoms with Crippen LogP contribution in [-0.2, 0) is 16.1 Å². The summed E-state index contributed by atoms with van der Waals surface area (Å²) in [6.07, 6.45) is 9.79. The second-order valence-corrected chi connectivity index (χ2v) is 7.29. The molecule has 3 rings (SSSR count). The van der Waals surface area contributed by atoms with Crippen LogP contribution in [0.1, 0.15) is 67.9 Å². The SMILES string of the molecule is COCc1cnc(C)nc1C1CCCN(C(=O)CC2CCCC2)C1. The van der Waals surface area contributed by atoms with Gasteiger partial charge in [-0.15, -0.1) is 0 Å². The molecule has 0 spiro atoms. The number of methoxy groups -OCH3 is 1. The van der Waals surface area contributed by atoms with E-state index >= 15 is 0 Å². The average Bonchev–Trinajstić information content (AvgIpc) is 3.10. The Morgan fingerprint density at radius 3 is 2.83 bits per heavy atom. The van der Waals surface area contributed by atoms with Crippen molar-refractivity contribution in [1.82, 2.24) is 14.9 Å². The number of aryl methyl sites for hydroxylation is 1. The lowest BCUT2D eigenvalue weighted by molar-refractivity contribution is -0.133. The molecule has 24 heavy (non-hydrogen) atoms. The van der Waals surface area contributed by atoms with Crippen LogP contribution in [0.3, 0.4) is 0 Å². The van der Waals surface area contributed by atoms with E-state index in [1.807, 2.05) is 13.1 Å². The zero-order valence-corrected chi connectivity index (χ0v) is 15.0. The number of ether oxygens (including phenoxy) is 1. The topological polar surface area (TPSA) is 55.3 Å². The van der Waals surface area contributed by atoms with Crippen LogP contribution >= 0.6 is 0 Å². The van der Waals surface area contributed by atoms with E-state index in [4.69, 9.17) is 4.74 Å². The number of hydrogen-bond acceptors (Lipinski definition) is 4. The lowest BCUT2D eigenvalue weighted by atomic mass is 9.91. The third kappa shape index (κ3) is 4.12. The van der Waals surface area contributed by atoms with Gasteiger partial charge in [-0.25, -0.2) is 9.97 Å². The molecule has 1 saturated heterocycles. The van der Waals surface area contributed by atoms with Gasteiger partial charge in [0.15, 0.2) is 0 Å². The van der Waals surface area contributed by atoms with Crippen molar-refractivity contribution in [2.75, 3.05) is 20.2 Å². The minimum atomic E-state index is 0.304. The summed E-state index contributed by atoms with van der Waals surface area (Å²) in [5.74, 6) is 2.05. The van der Waals surface area contributed by atoms with Gasteiger partial charge in [0.1, 0.15) is 5.82 Å². The zero-order chi connectivity index (χ0) is 16.9. The Balaban J connectivity index is 1.68. The van der Waals surface area contributed by atoms with Crippen molar-refractivity contribution >= 4 is 5.91 Å². The number of carbonyl (C=O) groups excluding carboxylic acids is 1. The molecule has 0 radical (unpaired) electrons. The van der Waals surface area contributed by atoms with Crippen molar-refractivity contribution in [1.29, 1.82) is 0 Å². The highest BCUT2D eigenvalue weighted by atomic mass is 16.5. The quantitative estimate of drug-likeness (QED) is 0.831. The van der Waals surface area contributed by atoms with E-state index < -0.39 is 0 Å². The summed E-state index contributed by atoms with van der Waals surface area (Å²) < 4.78 is 5.30. The number of amides is 1. The predicted molar refractivity (Wildman–Crippen MR) is 92.6 cm³/mol. The van der Waals surface area contributed by atoms with Gasteiger partial charge in [-0.05, 0) is 38.5 Å². The summed E-state index contributed by atoms with van der Waals surface area (Å²) in [7, 11) is 1.70. The minimum absolute atomic E-state index is 0.304. The van der Waals surface area contributed by atoms with E-state index in [-0.39, 0.29) is 0 Å². The van der Waals surface area contributed by atoms with E-state index in [0.29, 0.717) is 24.3 Å². The standard InChI is InChI=1S/C19H29N3O2/c1-14-20-11-17(13-24-2)19(21-14)16-8-5-9-22(12-16)18(23)10-15-6-3-4-7-15/h11,15-16H,3-10,12-13H2,1-2H3. The van der Waals surface area contributed by atoms with Crippen molar-refractivity contribution in [2.24, 2.45) is 5.92 Å². The number of carbonyl (C=O) groups is 1. The van der Waals surface area contributed by atoms with Gasteiger partial charge in [-0.1, -0.05) is 12.8 Å². The number of aromatic nitrogens is 2. The van der Waals surface area contributed by atoms with Gasteiger partial charge >= 0.3 is 0 Å². The largest absolute Gasteiger partial charge is 0.380 e. The van der Waals surface area contributed by atoms with Gasteiger partial charge in [0.05, 0.1) is 12.3 Å². The van der Waals surface area contributed by atoms with Crippen LogP contribution in [-0.4, -0.2) is 41.0 Å². The molecule has 1 atom stereocenters. The van der Waals surface area contributed by atoms with Crippen LogP contribution in [0, 0.1) is 12.8 Å². The molecule has 1 saturated carbocycles. The molecule has 0 bridgehead atoms. The molecule has 1 aliphatic heterocycles. The van der Waals surface area contributed by atoms with Gasteiger partial charge in [0, 0.05) is 44.3 Å². The summed E-state index contributed by atoms with van der Waals surface area (Å²) in [4.78, 5) is 23.7. The normalized spacial score (nSPS) is 22.1. The summed E-state index contributed by atoms with van der Waals surface area (Å²) >= 11 is 0. The Bertz CT molecular complexity index is 570. The highest BCUT2D eigenvalue weighted by molar-refractivity contribution is 5.76. The molecule has 0 N–H and O–H groups in total. The Kier molecular flexibility index (Phi) is 5.82. The van der Waals surface area contributed by atoms with Crippen LogP contribution in [0.25, 0.3) is 0 Å². The van der Waals surface area contributed by atoms with Crippen molar-refractivity contribution in [2.45, 2.75) is 64.4 Å². The van der Waals surface area contributed by atoms with Gasteiger partial charge in [0.2, 0.25) is 5.91 Å². The number of piperidine rings is 1. The first-order valence-electron chi connectivity index (χ1n) is 9.26. The summed E-state index contributed by atoms with van der Waals surface area (Å²) in [5.41, 5.74) is 2.13. The number of nitrogens with zero attached hydrogens (tertiary/aromatic N) is 3. The molecule has 0 aromatic carbocycles. The lowest BCUT2D eigenvalue weighted by Crippen LogP contribution is -2.40. The maximum Gasteiger partial charge on any atom is 0.222 e. The van der Waals surface area contributed by atoms with E-state index in [1.165, 1.54) is 25.7 Å². The van der Waals surface area contributed by atoms with E-state index in [0.717, 1.165) is 49.4 Å². The average molecular weight is 331 g/mol. The summed E-state index contributed by atoms with van der Waals surface area (Å²) in [6.45, 7) is 4.14. The van der Waals surface area contributed by atoms with Crippen molar-refractivity contribution in [3.05, 3.63) is 23.3 Å². The number of likely N-dealkylation sites (tertiary alicyclic amines) is 1. The van der Waals surface area contributed by atoms with Gasteiger partial charge in [-0.3, -0.25) is 4.79 Å². The van der Waals surface area contributed by atoms with Crippen LogP contribution < -0.4 is 0 Å². The highest BCUT2D eigenvalue weighted by Crippen LogP contribution is 2.31. The van der Waals surface area contributed by atoms with Crippen molar-refractivity contribution in [3.8, 4) is 0 Å². The molecule has 1 unspecified atom stereocenters. The maximum absolute atomic E-state index is 12.7. The van der Waals surface area contributed by atoms with E-state index in [1.54, 1.807) is 7.11 Å². The van der Waals surface area contributed by atoms with Crippen molar-refractivity contribution in [3.63, 3.8) is 0 Å². The molecule has 1 aromatic rings. The summed E-state index contributed by atoms with van der Waals surface area (Å²) in [6, 6.07) is 0. The fraction of sp³-hybridized carbons (Fsp3) is 0.737. The monoisotopic (exact) mass is 331 g/mol. The first-order valence-corrected chi connectivity index (χ1v) is 9.26. The zero-order valence-electron chi connectivity index (χ0n) is 15.0. The third-order valence-corrected chi connectivity index (χ3v) is 5.42. The molecule has 2 heterocycles. The van der Waals surface area contributed by atoms with Crippen LogP contribution in [0.2, 0.25) is 0 Å². The molecular weight excluding hydrogens is 302 g/mol. The number of rotatable bonds is 5. The minimum Gasteiger partial charge on any atom is -0.380 e. The highest BCUT2D eigenvalue weighted by Gasteiger charge is 2.29. The van der Waals surface area contributed by atoms with Crippen LogP contribution in [0.4, 0.5) is 0 Å². The van der Waals surface area contributed by atoms with Crippen molar-refractivity contribution < 1.29 is 9.53 Å². The Labute approximate surface area is 144 Å². The first kappa shape index (κ1) is 17.3. The van der Waals surface area contributed by atoms with E-state index in [2.05, 4.69) is 14.9 Å². The Morgan fingerprint density at radius 1 is 1.29 bits per heavy atom. The Morgan fingerprint density at radius 2 is 2.08 bits per heavy atom. The molecular formula is C19H29N3O2. The fourth-order valence-corrected chi connectivity index (χ4v) is 4.15. The third-order valence-electron chi connectivity index (χ3n) is 5.42. The van der Waals surface area contributed by atoms with Gasteiger partial charge in [-0.2, -0.15) is 0 Å². The molecule has 132 valence electrons. The molecule has 1 aliphatic carbocycles. The molecule has 5 nitrogen and oxygen atoms in total. The predicted octanol–water partition coefficient (Wildman–Crippen LogP) is 3.22. The second-order valence-electron chi connectivity index (χ2n) is 7.29. The van der Waals surface area contributed by atoms with Crippen LogP contribution in [0.15, 0.2) is 6.20 Å². The van der Waals surface area contributed by atoms with Gasteiger partial charge in [0.25, 0.3) is 0 Å². The fourth-order valence-electron chi connectivity index (χ4n) is 4.15. The second kappa shape index (κ2) is 8.06. The number of hydrogen-bond donors (Lipinski definition) is 0. The van der Waals surface area contributed by atoms with Gasteiger partial charge < -0.3 is 9.64 Å². The maximum atomic E-state index is 12.7. The smallest absolute Gasteiger partial charge is 0.222 e. The first-order chi connectivity index (χ1) is 11.7. The molecule has 1 aromatic heterocycles. The molecule has 2 fully saturated rings. The molecule has 5 heteroatoms. The molecule has 1 amide bonds. The lowest BCUT2D eigenvalue weighted by Gasteiger charge is -2.34. The van der Waals surface area contributed by atoms with E-state index in [9.17, 15) is 4.79 Å². The Hall–Kier alpha value is -1.49. The van der Waals surface area contributed by atoms with Crippen LogP contribution in [0.5, 0.6) is 0 Å².